The first-order valence-electron chi connectivity index (χ1n) is 14.7. The summed E-state index contributed by atoms with van der Waals surface area (Å²) in [6.07, 6.45) is 11.7. The van der Waals surface area contributed by atoms with Crippen molar-refractivity contribution < 1.29 is 24.7 Å². The fourth-order valence-electron chi connectivity index (χ4n) is 6.98. The quantitative estimate of drug-likeness (QED) is 0.197. The van der Waals surface area contributed by atoms with Gasteiger partial charge in [-0.1, -0.05) is 25.7 Å². The number of rotatable bonds is 13. The van der Waals surface area contributed by atoms with E-state index < -0.39 is 11.1 Å². The molecule has 2 N–H and O–H groups in total. The Labute approximate surface area is 226 Å². The Kier molecular flexibility index (Phi) is 11.2. The molecule has 0 aromatic rings. The van der Waals surface area contributed by atoms with Crippen LogP contribution in [0.3, 0.4) is 0 Å². The molecule has 2 saturated heterocycles. The zero-order chi connectivity index (χ0) is 28.1. The summed E-state index contributed by atoms with van der Waals surface area (Å²) in [5.74, 6) is 0.706. The number of piperidine rings is 2. The van der Waals surface area contributed by atoms with Crippen molar-refractivity contribution >= 4 is 11.8 Å². The number of carbonyl (C=O) groups excluding carboxylic acids is 2. The van der Waals surface area contributed by atoms with Gasteiger partial charge in [0.25, 0.3) is 0 Å². The van der Waals surface area contributed by atoms with Gasteiger partial charge in [-0.15, -0.1) is 0 Å². The third-order valence-corrected chi connectivity index (χ3v) is 8.54. The van der Waals surface area contributed by atoms with E-state index >= 15 is 0 Å². The lowest BCUT2D eigenvalue weighted by Gasteiger charge is -2.51. The highest BCUT2D eigenvalue weighted by Gasteiger charge is 2.46. The van der Waals surface area contributed by atoms with Crippen LogP contribution in [-0.4, -0.2) is 60.6 Å². The van der Waals surface area contributed by atoms with Crippen molar-refractivity contribution in [2.75, 3.05) is 0 Å². The van der Waals surface area contributed by atoms with Gasteiger partial charge in [0.1, 0.15) is 11.9 Å². The fourth-order valence-corrected chi connectivity index (χ4v) is 6.98. The molecule has 0 spiro atoms. The van der Waals surface area contributed by atoms with Gasteiger partial charge in [0, 0.05) is 54.3 Å². The Hall–Kier alpha value is -1.02. The summed E-state index contributed by atoms with van der Waals surface area (Å²) in [7, 11) is 0. The van der Waals surface area contributed by atoms with E-state index in [9.17, 15) is 20.0 Å². The van der Waals surface area contributed by atoms with Crippen molar-refractivity contribution in [3.63, 3.8) is 0 Å². The van der Waals surface area contributed by atoms with Crippen LogP contribution in [0.15, 0.2) is 0 Å². The lowest BCUT2D eigenvalue weighted by molar-refractivity contribution is -0.259. The summed E-state index contributed by atoms with van der Waals surface area (Å²) in [5.41, 5.74) is -1.34. The van der Waals surface area contributed by atoms with E-state index in [-0.39, 0.29) is 23.2 Å². The average molecular weight is 525 g/mol. The number of ether oxygens (including phenoxy) is 1. The molecule has 2 rings (SSSR count). The standard InChI is InChI=1S/C30H56N2O5/c1-27(2)19-23(20-28(3,4)31(27)35)17-18-24(33)15-13-11-9-10-12-14-16-26(34)37-25-21-29(5,6)32(36)30(7,8)22-25/h23,25,35-36H,9-22H2,1-8H3. The molecule has 0 radical (unpaired) electrons. The van der Waals surface area contributed by atoms with Crippen LogP contribution < -0.4 is 0 Å². The number of nitrogens with zero attached hydrogens (tertiary/aromatic N) is 2. The van der Waals surface area contributed by atoms with Crippen LogP contribution in [0.25, 0.3) is 0 Å². The number of carbonyl (C=O) groups is 2. The lowest BCUT2D eigenvalue weighted by Crippen LogP contribution is -2.60. The molecule has 2 aliphatic rings. The minimum absolute atomic E-state index is 0.134. The first kappa shape index (κ1) is 32.2. The van der Waals surface area contributed by atoms with Crippen LogP contribution in [0.4, 0.5) is 0 Å². The van der Waals surface area contributed by atoms with Crippen LogP contribution in [0.1, 0.15) is 145 Å². The Morgan fingerprint density at radius 1 is 0.649 bits per heavy atom. The highest BCUT2D eigenvalue weighted by molar-refractivity contribution is 5.78. The normalized spacial score (nSPS) is 24.2. The fraction of sp³-hybridized carbons (Fsp3) is 0.933. The minimum atomic E-state index is -0.417. The van der Waals surface area contributed by atoms with Gasteiger partial charge >= 0.3 is 5.97 Å². The second kappa shape index (κ2) is 12.9. The van der Waals surface area contributed by atoms with Gasteiger partial charge in [0.2, 0.25) is 0 Å². The summed E-state index contributed by atoms with van der Waals surface area (Å²) in [6.45, 7) is 16.2. The largest absolute Gasteiger partial charge is 0.462 e. The predicted molar refractivity (Wildman–Crippen MR) is 147 cm³/mol. The molecule has 7 heteroatoms. The molecule has 2 fully saturated rings. The van der Waals surface area contributed by atoms with Crippen LogP contribution in [0.5, 0.6) is 0 Å². The lowest BCUT2D eigenvalue weighted by atomic mass is 9.73. The van der Waals surface area contributed by atoms with Gasteiger partial charge in [-0.25, -0.2) is 0 Å². The second-order valence-electron chi connectivity index (χ2n) is 14.4. The minimum Gasteiger partial charge on any atom is -0.462 e. The zero-order valence-corrected chi connectivity index (χ0v) is 25.1. The van der Waals surface area contributed by atoms with E-state index in [2.05, 4.69) is 27.7 Å². The smallest absolute Gasteiger partial charge is 0.306 e. The van der Waals surface area contributed by atoms with Crippen LogP contribution in [0, 0.1) is 5.92 Å². The molecule has 0 aliphatic carbocycles. The molecule has 0 aromatic carbocycles. The molecule has 7 nitrogen and oxygen atoms in total. The summed E-state index contributed by atoms with van der Waals surface area (Å²) in [5, 5.41) is 23.8. The van der Waals surface area contributed by atoms with Crippen molar-refractivity contribution in [2.45, 2.75) is 174 Å². The number of ketones is 1. The van der Waals surface area contributed by atoms with Crippen LogP contribution in [0.2, 0.25) is 0 Å². The highest BCUT2D eigenvalue weighted by Crippen LogP contribution is 2.42. The topological polar surface area (TPSA) is 90.3 Å². The second-order valence-corrected chi connectivity index (χ2v) is 14.4. The molecule has 37 heavy (non-hydrogen) atoms. The van der Waals surface area contributed by atoms with E-state index in [4.69, 9.17) is 4.74 Å². The van der Waals surface area contributed by atoms with Gasteiger partial charge in [-0.2, -0.15) is 10.1 Å². The summed E-state index contributed by atoms with van der Waals surface area (Å²) < 4.78 is 5.75. The molecule has 0 saturated carbocycles. The number of hydrogen-bond donors (Lipinski definition) is 2. The Morgan fingerprint density at radius 3 is 1.54 bits per heavy atom. The summed E-state index contributed by atoms with van der Waals surface area (Å²) in [4.78, 5) is 24.8. The molecule has 0 aromatic heterocycles. The molecule has 0 unspecified atom stereocenters. The van der Waals surface area contributed by atoms with E-state index in [1.165, 1.54) is 10.1 Å². The van der Waals surface area contributed by atoms with Crippen LogP contribution in [-0.2, 0) is 14.3 Å². The van der Waals surface area contributed by atoms with E-state index in [0.717, 1.165) is 57.8 Å². The third kappa shape index (κ3) is 9.59. The van der Waals surface area contributed by atoms with Gasteiger partial charge in [0.05, 0.1) is 0 Å². The summed E-state index contributed by atoms with van der Waals surface area (Å²) in [6, 6.07) is 0. The number of hydroxylamine groups is 4. The van der Waals surface area contributed by atoms with E-state index in [1.54, 1.807) is 0 Å². The van der Waals surface area contributed by atoms with Crippen molar-refractivity contribution in [3.8, 4) is 0 Å². The first-order valence-corrected chi connectivity index (χ1v) is 14.7. The number of unbranched alkanes of at least 4 members (excludes halogenated alkanes) is 5. The van der Waals surface area contributed by atoms with Crippen molar-refractivity contribution in [1.82, 2.24) is 10.1 Å². The maximum Gasteiger partial charge on any atom is 0.306 e. The van der Waals surface area contributed by atoms with Crippen molar-refractivity contribution in [3.05, 3.63) is 0 Å². The number of esters is 1. The van der Waals surface area contributed by atoms with Crippen molar-refractivity contribution in [1.29, 1.82) is 0 Å². The average Bonchev–Trinajstić information content (AvgIpc) is 2.75. The monoisotopic (exact) mass is 524 g/mol. The Bertz CT molecular complexity index is 725. The Morgan fingerprint density at radius 2 is 1.05 bits per heavy atom. The van der Waals surface area contributed by atoms with Gasteiger partial charge in [-0.05, 0) is 93.4 Å². The third-order valence-electron chi connectivity index (χ3n) is 8.54. The van der Waals surface area contributed by atoms with Gasteiger partial charge in [0.15, 0.2) is 0 Å². The molecule has 2 heterocycles. The van der Waals surface area contributed by atoms with Gasteiger partial charge < -0.3 is 15.2 Å². The van der Waals surface area contributed by atoms with E-state index in [1.807, 2.05) is 27.7 Å². The predicted octanol–water partition coefficient (Wildman–Crippen LogP) is 7.07. The first-order chi connectivity index (χ1) is 17.0. The van der Waals surface area contributed by atoms with E-state index in [0.29, 0.717) is 43.8 Å². The maximum atomic E-state index is 12.4. The molecule has 0 bridgehead atoms. The SMILES string of the molecule is CC1(C)CC(CCC(=O)CCCCCCCCC(=O)OC2CC(C)(C)N(O)C(C)(C)C2)CC(C)(C)N1O. The molecule has 0 atom stereocenters. The molecule has 0 amide bonds. The Balaban J connectivity index is 1.52. The highest BCUT2D eigenvalue weighted by atomic mass is 16.5. The zero-order valence-electron chi connectivity index (χ0n) is 25.1. The number of Topliss-reactive ketones (excluding diaryl/α,β-unsaturated/α-hetero) is 1. The maximum absolute atomic E-state index is 12.4. The molecular weight excluding hydrogens is 468 g/mol. The van der Waals surface area contributed by atoms with Gasteiger partial charge in [-0.3, -0.25) is 9.59 Å². The molecule has 2 aliphatic heterocycles. The van der Waals surface area contributed by atoms with Crippen molar-refractivity contribution in [2.24, 2.45) is 5.92 Å². The number of hydrogen-bond acceptors (Lipinski definition) is 7. The molecule has 216 valence electrons. The van der Waals surface area contributed by atoms with Crippen LogP contribution >= 0.6 is 0 Å². The molecular formula is C30H56N2O5. The summed E-state index contributed by atoms with van der Waals surface area (Å²) >= 11 is 0.